The third-order valence-corrected chi connectivity index (χ3v) is 4.25. The maximum Gasteiger partial charge on any atom is 0.416 e. The molecule has 0 spiro atoms. The number of hydrogen-bond acceptors (Lipinski definition) is 6. The second-order valence-corrected chi connectivity index (χ2v) is 5.68. The van der Waals surface area contributed by atoms with E-state index in [0.717, 1.165) is 12.1 Å². The molecule has 2 aromatic heterocycles. The Labute approximate surface area is 133 Å². The van der Waals surface area contributed by atoms with Crippen LogP contribution in [-0.2, 0) is 6.18 Å². The van der Waals surface area contributed by atoms with Gasteiger partial charge < -0.3 is 5.73 Å². The average molecular weight is 337 g/mol. The summed E-state index contributed by atoms with van der Waals surface area (Å²) in [4.78, 5) is 16.9. The van der Waals surface area contributed by atoms with Gasteiger partial charge in [-0.1, -0.05) is 12.1 Å². The van der Waals surface area contributed by atoms with E-state index in [1.54, 1.807) is 6.92 Å². The van der Waals surface area contributed by atoms with Crippen molar-refractivity contribution in [1.29, 1.82) is 0 Å². The molecule has 2 heterocycles. The summed E-state index contributed by atoms with van der Waals surface area (Å²) >= 11 is 1.29. The molecule has 0 aliphatic heterocycles. The third kappa shape index (κ3) is 3.14. The normalized spacial score (nSPS) is 11.7. The number of halogens is 3. The minimum atomic E-state index is -4.36. The lowest BCUT2D eigenvalue weighted by Crippen LogP contribution is -2.03. The van der Waals surface area contributed by atoms with Crippen molar-refractivity contribution < 1.29 is 13.2 Å². The van der Waals surface area contributed by atoms with Crippen LogP contribution in [0.2, 0.25) is 0 Å². The molecule has 3 rings (SSSR count). The lowest BCUT2D eigenvalue weighted by atomic mass is 10.1. The molecule has 0 unspecified atom stereocenters. The van der Waals surface area contributed by atoms with Crippen molar-refractivity contribution in [2.75, 3.05) is 5.73 Å². The Bertz CT molecular complexity index is 842. The minimum absolute atomic E-state index is 0.0962. The molecule has 23 heavy (non-hydrogen) atoms. The van der Waals surface area contributed by atoms with Gasteiger partial charge in [0.2, 0.25) is 5.95 Å². The van der Waals surface area contributed by atoms with E-state index in [1.165, 1.54) is 29.8 Å². The van der Waals surface area contributed by atoms with Gasteiger partial charge in [0.05, 0.1) is 16.1 Å². The predicted octanol–water partition coefficient (Wildman–Crippen LogP) is 3.57. The molecule has 0 radical (unpaired) electrons. The minimum Gasteiger partial charge on any atom is -0.368 e. The lowest BCUT2D eigenvalue weighted by Gasteiger charge is -2.06. The van der Waals surface area contributed by atoms with Gasteiger partial charge in [-0.2, -0.15) is 18.2 Å². The van der Waals surface area contributed by atoms with Crippen molar-refractivity contribution in [3.63, 3.8) is 0 Å². The van der Waals surface area contributed by atoms with Crippen LogP contribution in [0.5, 0.6) is 0 Å². The summed E-state index contributed by atoms with van der Waals surface area (Å²) in [5.74, 6) is 0.490. The van der Waals surface area contributed by atoms with E-state index in [4.69, 9.17) is 5.73 Å². The summed E-state index contributed by atoms with van der Waals surface area (Å²) in [5.41, 5.74) is 6.12. The summed E-state index contributed by atoms with van der Waals surface area (Å²) in [6.45, 7) is 1.78. The number of aryl methyl sites for hydroxylation is 1. The van der Waals surface area contributed by atoms with Crippen LogP contribution in [0.15, 0.2) is 30.6 Å². The second-order valence-electron chi connectivity index (χ2n) is 4.68. The Hall–Kier alpha value is -2.55. The Morgan fingerprint density at radius 2 is 1.74 bits per heavy atom. The van der Waals surface area contributed by atoms with Gasteiger partial charge in [-0.3, -0.25) is 0 Å². The van der Waals surface area contributed by atoms with E-state index in [0.29, 0.717) is 27.0 Å². The molecule has 1 aromatic carbocycles. The molecule has 3 aromatic rings. The van der Waals surface area contributed by atoms with Crippen LogP contribution in [0, 0.1) is 6.92 Å². The number of rotatable bonds is 2. The third-order valence-electron chi connectivity index (χ3n) is 3.05. The first-order chi connectivity index (χ1) is 10.8. The van der Waals surface area contributed by atoms with Crippen LogP contribution in [0.1, 0.15) is 11.3 Å². The molecule has 9 heteroatoms. The van der Waals surface area contributed by atoms with Gasteiger partial charge in [0.15, 0.2) is 5.82 Å². The topological polar surface area (TPSA) is 77.6 Å². The van der Waals surface area contributed by atoms with Gasteiger partial charge in [-0.15, -0.1) is 11.3 Å². The fourth-order valence-electron chi connectivity index (χ4n) is 1.95. The number of thiazole rings is 1. The SMILES string of the molecule is Cc1nc(-c2ccc(C(F)(F)F)cc2)sc1-c1ncnc(N)n1. The van der Waals surface area contributed by atoms with Gasteiger partial charge >= 0.3 is 6.18 Å². The van der Waals surface area contributed by atoms with Crippen LogP contribution in [0.3, 0.4) is 0 Å². The number of aromatic nitrogens is 4. The summed E-state index contributed by atoms with van der Waals surface area (Å²) in [6, 6.07) is 4.86. The number of anilines is 1. The molecule has 0 bridgehead atoms. The molecule has 2 N–H and O–H groups in total. The maximum atomic E-state index is 12.6. The zero-order valence-electron chi connectivity index (χ0n) is 11.8. The van der Waals surface area contributed by atoms with Crippen molar-refractivity contribution in [3.8, 4) is 21.3 Å². The van der Waals surface area contributed by atoms with E-state index in [2.05, 4.69) is 19.9 Å². The number of nitrogens with two attached hydrogens (primary N) is 1. The highest BCUT2D eigenvalue weighted by molar-refractivity contribution is 7.18. The standard InChI is InChI=1S/C14H10F3N5S/c1-7-10(11-19-6-20-13(18)22-11)23-12(21-7)8-2-4-9(5-3-8)14(15,16)17/h2-6H,1H3,(H2,18,19,20,22). The van der Waals surface area contributed by atoms with Crippen molar-refractivity contribution in [3.05, 3.63) is 41.9 Å². The van der Waals surface area contributed by atoms with Gasteiger partial charge in [0.1, 0.15) is 11.3 Å². The van der Waals surface area contributed by atoms with Crippen molar-refractivity contribution >= 4 is 17.3 Å². The summed E-state index contributed by atoms with van der Waals surface area (Å²) in [5, 5.41) is 0.588. The fraction of sp³-hybridized carbons (Fsp3) is 0.143. The van der Waals surface area contributed by atoms with Crippen LogP contribution >= 0.6 is 11.3 Å². The first-order valence-corrected chi connectivity index (χ1v) is 7.26. The lowest BCUT2D eigenvalue weighted by molar-refractivity contribution is -0.137. The van der Waals surface area contributed by atoms with E-state index in [-0.39, 0.29) is 5.95 Å². The molecule has 0 saturated heterocycles. The van der Waals surface area contributed by atoms with Crippen molar-refractivity contribution in [2.45, 2.75) is 13.1 Å². The molecular formula is C14H10F3N5S. The number of benzene rings is 1. The molecular weight excluding hydrogens is 327 g/mol. The fourth-order valence-corrected chi connectivity index (χ4v) is 2.96. The zero-order chi connectivity index (χ0) is 16.6. The predicted molar refractivity (Wildman–Crippen MR) is 80.5 cm³/mol. The first kappa shape index (κ1) is 15.3. The number of hydrogen-bond donors (Lipinski definition) is 1. The summed E-state index contributed by atoms with van der Waals surface area (Å²) in [6.07, 6.45) is -3.06. The average Bonchev–Trinajstić information content (AvgIpc) is 2.88. The number of alkyl halides is 3. The number of nitrogens with zero attached hydrogens (tertiary/aromatic N) is 4. The Morgan fingerprint density at radius 1 is 1.04 bits per heavy atom. The molecule has 118 valence electrons. The van der Waals surface area contributed by atoms with E-state index in [9.17, 15) is 13.2 Å². The molecule has 0 fully saturated rings. The Balaban J connectivity index is 1.98. The first-order valence-electron chi connectivity index (χ1n) is 6.44. The number of nitrogen functional groups attached to an aromatic ring is 1. The monoisotopic (exact) mass is 337 g/mol. The van der Waals surface area contributed by atoms with Crippen LogP contribution in [-0.4, -0.2) is 19.9 Å². The van der Waals surface area contributed by atoms with Gasteiger partial charge in [0.25, 0.3) is 0 Å². The van der Waals surface area contributed by atoms with Crippen LogP contribution in [0.25, 0.3) is 21.3 Å². The smallest absolute Gasteiger partial charge is 0.368 e. The highest BCUT2D eigenvalue weighted by Gasteiger charge is 2.30. The summed E-state index contributed by atoms with van der Waals surface area (Å²) in [7, 11) is 0. The van der Waals surface area contributed by atoms with Gasteiger partial charge in [-0.25, -0.2) is 15.0 Å². The summed E-state index contributed by atoms with van der Waals surface area (Å²) < 4.78 is 37.8. The van der Waals surface area contributed by atoms with Crippen molar-refractivity contribution in [1.82, 2.24) is 19.9 Å². The second kappa shape index (κ2) is 5.58. The molecule has 0 aliphatic rings. The van der Waals surface area contributed by atoms with E-state index < -0.39 is 11.7 Å². The molecule has 0 amide bonds. The molecule has 0 aliphatic carbocycles. The van der Waals surface area contributed by atoms with E-state index in [1.807, 2.05) is 0 Å². The van der Waals surface area contributed by atoms with Gasteiger partial charge in [0, 0.05) is 5.56 Å². The molecule has 0 saturated carbocycles. The van der Waals surface area contributed by atoms with Crippen LogP contribution < -0.4 is 5.73 Å². The Kier molecular flexibility index (Phi) is 3.72. The maximum absolute atomic E-state index is 12.6. The largest absolute Gasteiger partial charge is 0.416 e. The van der Waals surface area contributed by atoms with Crippen LogP contribution in [0.4, 0.5) is 19.1 Å². The van der Waals surface area contributed by atoms with E-state index >= 15 is 0 Å². The highest BCUT2D eigenvalue weighted by atomic mass is 32.1. The Morgan fingerprint density at radius 3 is 2.35 bits per heavy atom. The highest BCUT2D eigenvalue weighted by Crippen LogP contribution is 2.35. The zero-order valence-corrected chi connectivity index (χ0v) is 12.6. The quantitative estimate of drug-likeness (QED) is 0.773. The molecule has 0 atom stereocenters. The van der Waals surface area contributed by atoms with Gasteiger partial charge in [-0.05, 0) is 19.1 Å². The van der Waals surface area contributed by atoms with Crippen molar-refractivity contribution in [2.24, 2.45) is 0 Å². The molecule has 5 nitrogen and oxygen atoms in total.